The maximum absolute atomic E-state index is 10.3. The molecular formula is C10H19NO7. The van der Waals surface area contributed by atoms with Crippen molar-refractivity contribution in [2.75, 3.05) is 6.54 Å². The molecule has 0 bridgehead atoms. The van der Waals surface area contributed by atoms with Crippen molar-refractivity contribution >= 4 is 17.9 Å². The van der Waals surface area contributed by atoms with E-state index in [2.05, 4.69) is 13.8 Å². The number of carboxylic acid groups (broad SMARTS) is 3. The minimum absolute atomic E-state index is 0.662. The molecule has 0 aliphatic heterocycles. The molecule has 0 spiro atoms. The van der Waals surface area contributed by atoms with Gasteiger partial charge in [-0.05, 0) is 12.5 Å². The highest BCUT2D eigenvalue weighted by Gasteiger charge is 2.40. The van der Waals surface area contributed by atoms with Gasteiger partial charge in [-0.15, -0.1) is 0 Å². The summed E-state index contributed by atoms with van der Waals surface area (Å²) in [6.07, 6.45) is -2.29. The first-order chi connectivity index (χ1) is 8.05. The van der Waals surface area contributed by atoms with Gasteiger partial charge in [0.1, 0.15) is 0 Å². The molecule has 0 aliphatic carbocycles. The number of hydrogen-bond acceptors (Lipinski definition) is 5. The monoisotopic (exact) mass is 265 g/mol. The van der Waals surface area contributed by atoms with Crippen LogP contribution >= 0.6 is 0 Å². The molecule has 0 amide bonds. The summed E-state index contributed by atoms with van der Waals surface area (Å²) in [5, 5.41) is 33.8. The maximum Gasteiger partial charge on any atom is 0.336 e. The highest BCUT2D eigenvalue weighted by atomic mass is 16.4. The first-order valence-electron chi connectivity index (χ1n) is 5.14. The van der Waals surface area contributed by atoms with E-state index >= 15 is 0 Å². The molecule has 0 unspecified atom stereocenters. The van der Waals surface area contributed by atoms with Crippen LogP contribution in [-0.2, 0) is 14.4 Å². The smallest absolute Gasteiger partial charge is 0.336 e. The van der Waals surface area contributed by atoms with Crippen LogP contribution in [0.25, 0.3) is 0 Å². The summed E-state index contributed by atoms with van der Waals surface area (Å²) >= 11 is 0. The lowest BCUT2D eigenvalue weighted by Gasteiger charge is -2.18. The zero-order chi connectivity index (χ0) is 14.9. The topological polar surface area (TPSA) is 158 Å². The molecular weight excluding hydrogens is 246 g/mol. The third kappa shape index (κ3) is 9.55. The Kier molecular flexibility index (Phi) is 8.75. The molecule has 0 aliphatic rings. The molecule has 0 aromatic heterocycles. The summed E-state index contributed by atoms with van der Waals surface area (Å²) in [6.45, 7) is 5.00. The Labute approximate surface area is 104 Å². The molecule has 0 saturated heterocycles. The zero-order valence-corrected chi connectivity index (χ0v) is 10.3. The van der Waals surface area contributed by atoms with Crippen molar-refractivity contribution in [3.63, 3.8) is 0 Å². The van der Waals surface area contributed by atoms with Crippen molar-refractivity contribution in [3.8, 4) is 0 Å². The lowest BCUT2D eigenvalue weighted by atomic mass is 9.96. The molecule has 0 heterocycles. The fourth-order valence-electron chi connectivity index (χ4n) is 0.714. The standard InChI is InChI=1S/C6H8O7.C4H11N/c7-3(8)1-6(13,5(11)12)2-4(9)10;1-4(2)3-5/h13H,1-2H2,(H,7,8)(H,9,10)(H,11,12);4H,3,5H2,1-2H3. The SMILES string of the molecule is CC(C)CN.O=C(O)CC(O)(CC(=O)O)C(=O)O. The Morgan fingerprint density at radius 2 is 1.33 bits per heavy atom. The van der Waals surface area contributed by atoms with Crippen LogP contribution < -0.4 is 5.73 Å². The van der Waals surface area contributed by atoms with E-state index in [4.69, 9.17) is 26.2 Å². The Bertz CT molecular complexity index is 285. The average Bonchev–Trinajstić information content (AvgIpc) is 2.15. The van der Waals surface area contributed by atoms with Crippen LogP contribution in [0.2, 0.25) is 0 Å². The first kappa shape index (κ1) is 18.7. The van der Waals surface area contributed by atoms with Gasteiger partial charge in [-0.2, -0.15) is 0 Å². The quantitative estimate of drug-likeness (QED) is 0.424. The van der Waals surface area contributed by atoms with E-state index in [0.717, 1.165) is 6.54 Å². The lowest BCUT2D eigenvalue weighted by Crippen LogP contribution is -2.42. The largest absolute Gasteiger partial charge is 0.481 e. The number of carbonyl (C=O) groups is 3. The van der Waals surface area contributed by atoms with E-state index in [1.54, 1.807) is 0 Å². The first-order valence-corrected chi connectivity index (χ1v) is 5.14. The number of hydrogen-bond donors (Lipinski definition) is 5. The maximum atomic E-state index is 10.3. The zero-order valence-electron chi connectivity index (χ0n) is 10.3. The highest BCUT2D eigenvalue weighted by molar-refractivity contribution is 5.88. The minimum Gasteiger partial charge on any atom is -0.481 e. The van der Waals surface area contributed by atoms with E-state index in [9.17, 15) is 14.4 Å². The Balaban J connectivity index is 0. The van der Waals surface area contributed by atoms with Crippen LogP contribution in [0, 0.1) is 5.92 Å². The molecule has 8 heteroatoms. The molecule has 0 fully saturated rings. The molecule has 106 valence electrons. The van der Waals surface area contributed by atoms with Crippen LogP contribution in [-0.4, -0.2) is 50.5 Å². The van der Waals surface area contributed by atoms with Crippen LogP contribution in [0.5, 0.6) is 0 Å². The van der Waals surface area contributed by atoms with Crippen molar-refractivity contribution in [1.82, 2.24) is 0 Å². The third-order valence-corrected chi connectivity index (χ3v) is 1.76. The average molecular weight is 265 g/mol. The van der Waals surface area contributed by atoms with Gasteiger partial charge < -0.3 is 26.2 Å². The van der Waals surface area contributed by atoms with Crippen molar-refractivity contribution in [1.29, 1.82) is 0 Å². The summed E-state index contributed by atoms with van der Waals surface area (Å²) < 4.78 is 0. The number of nitrogens with two attached hydrogens (primary N) is 1. The molecule has 0 rings (SSSR count). The Hall–Kier alpha value is -1.67. The molecule has 0 aromatic rings. The van der Waals surface area contributed by atoms with Crippen molar-refractivity contribution in [3.05, 3.63) is 0 Å². The van der Waals surface area contributed by atoms with Gasteiger partial charge in [0.15, 0.2) is 5.60 Å². The Morgan fingerprint density at radius 1 is 1.06 bits per heavy atom. The van der Waals surface area contributed by atoms with Crippen molar-refractivity contribution in [2.45, 2.75) is 32.3 Å². The van der Waals surface area contributed by atoms with Gasteiger partial charge in [0.05, 0.1) is 12.8 Å². The molecule has 0 radical (unpaired) electrons. The summed E-state index contributed by atoms with van der Waals surface area (Å²) in [7, 11) is 0. The van der Waals surface area contributed by atoms with Crippen molar-refractivity contribution < 1.29 is 34.8 Å². The van der Waals surface area contributed by atoms with E-state index in [1.807, 2.05) is 0 Å². The number of rotatable bonds is 6. The second kappa shape index (κ2) is 8.43. The van der Waals surface area contributed by atoms with Crippen molar-refractivity contribution in [2.24, 2.45) is 11.7 Å². The van der Waals surface area contributed by atoms with E-state index in [1.165, 1.54) is 0 Å². The lowest BCUT2D eigenvalue weighted by molar-refractivity contribution is -0.170. The molecule has 0 aromatic carbocycles. The van der Waals surface area contributed by atoms with Crippen LogP contribution in [0.3, 0.4) is 0 Å². The second-order valence-electron chi connectivity index (χ2n) is 4.11. The summed E-state index contributed by atoms with van der Waals surface area (Å²) in [4.78, 5) is 30.5. The second-order valence-corrected chi connectivity index (χ2v) is 4.11. The fraction of sp³-hybridized carbons (Fsp3) is 0.700. The number of carboxylic acids is 3. The molecule has 6 N–H and O–H groups in total. The molecule has 0 atom stereocenters. The fourth-order valence-corrected chi connectivity index (χ4v) is 0.714. The van der Waals surface area contributed by atoms with Crippen LogP contribution in [0.15, 0.2) is 0 Å². The minimum atomic E-state index is -2.74. The van der Waals surface area contributed by atoms with E-state index in [-0.39, 0.29) is 0 Å². The Morgan fingerprint density at radius 3 is 1.44 bits per heavy atom. The number of aliphatic carboxylic acids is 3. The normalized spacial score (nSPS) is 10.5. The summed E-state index contributed by atoms with van der Waals surface area (Å²) in [6, 6.07) is 0. The summed E-state index contributed by atoms with van der Waals surface area (Å²) in [5.41, 5.74) is 2.43. The van der Waals surface area contributed by atoms with Crippen LogP contribution in [0.1, 0.15) is 26.7 Å². The predicted molar refractivity (Wildman–Crippen MR) is 61.0 cm³/mol. The molecule has 18 heavy (non-hydrogen) atoms. The third-order valence-electron chi connectivity index (χ3n) is 1.76. The van der Waals surface area contributed by atoms with Gasteiger partial charge >= 0.3 is 17.9 Å². The van der Waals surface area contributed by atoms with Gasteiger partial charge in [0, 0.05) is 0 Å². The van der Waals surface area contributed by atoms with E-state index < -0.39 is 36.4 Å². The molecule has 0 saturated carbocycles. The molecule has 8 nitrogen and oxygen atoms in total. The van der Waals surface area contributed by atoms with Gasteiger partial charge in [-0.3, -0.25) is 9.59 Å². The van der Waals surface area contributed by atoms with Gasteiger partial charge in [0.25, 0.3) is 0 Å². The highest BCUT2D eigenvalue weighted by Crippen LogP contribution is 2.15. The summed E-state index contributed by atoms with van der Waals surface area (Å²) in [5.74, 6) is -4.36. The predicted octanol–water partition coefficient (Wildman–Crippen LogP) is -0.647. The van der Waals surface area contributed by atoms with Gasteiger partial charge in [0.2, 0.25) is 0 Å². The van der Waals surface area contributed by atoms with Crippen LogP contribution in [0.4, 0.5) is 0 Å². The van der Waals surface area contributed by atoms with E-state index in [0.29, 0.717) is 5.92 Å². The van der Waals surface area contributed by atoms with Gasteiger partial charge in [-0.1, -0.05) is 13.8 Å². The van der Waals surface area contributed by atoms with Gasteiger partial charge in [-0.25, -0.2) is 4.79 Å². The number of aliphatic hydroxyl groups is 1.